The van der Waals surface area contributed by atoms with Crippen LogP contribution in [-0.2, 0) is 6.54 Å². The van der Waals surface area contributed by atoms with E-state index >= 15 is 0 Å². The maximum Gasteiger partial charge on any atom is 0.253 e. The van der Waals surface area contributed by atoms with Gasteiger partial charge in [-0.3, -0.25) is 4.79 Å². The van der Waals surface area contributed by atoms with E-state index in [2.05, 4.69) is 22.7 Å². The third-order valence-corrected chi connectivity index (χ3v) is 2.66. The second kappa shape index (κ2) is 6.58. The Balaban J connectivity index is 2.01. The number of aromatic nitrogens is 1. The number of para-hydroxylation sites is 1. The van der Waals surface area contributed by atoms with Crippen LogP contribution in [0.15, 0.2) is 41.1 Å². The summed E-state index contributed by atoms with van der Waals surface area (Å²) in [6.07, 6.45) is 2.49. The van der Waals surface area contributed by atoms with Crippen LogP contribution in [0.2, 0.25) is 0 Å². The fourth-order valence-electron chi connectivity index (χ4n) is 1.69. The number of rotatable bonds is 6. The van der Waals surface area contributed by atoms with Gasteiger partial charge in [-0.1, -0.05) is 24.2 Å². The summed E-state index contributed by atoms with van der Waals surface area (Å²) in [7, 11) is 0. The van der Waals surface area contributed by atoms with Gasteiger partial charge in [0.05, 0.1) is 12.1 Å². The molecule has 19 heavy (non-hydrogen) atoms. The standard InChI is InChI=1S/C14H17N3O2/c1-2-8-15-13-6-4-3-5-12(13)14(18)16-10-11-7-9-19-17-11/h3-7,9,15H,2,8,10H2,1H3,(H,16,18). The van der Waals surface area contributed by atoms with Crippen molar-refractivity contribution in [3.8, 4) is 0 Å². The number of nitrogens with one attached hydrogen (secondary N) is 2. The second-order valence-corrected chi connectivity index (χ2v) is 4.15. The molecule has 0 spiro atoms. The second-order valence-electron chi connectivity index (χ2n) is 4.15. The van der Waals surface area contributed by atoms with Crippen LogP contribution in [-0.4, -0.2) is 17.6 Å². The van der Waals surface area contributed by atoms with Crippen molar-refractivity contribution in [2.24, 2.45) is 0 Å². The first-order valence-corrected chi connectivity index (χ1v) is 6.31. The minimum absolute atomic E-state index is 0.123. The van der Waals surface area contributed by atoms with Gasteiger partial charge in [-0.05, 0) is 18.6 Å². The Morgan fingerprint density at radius 1 is 1.32 bits per heavy atom. The molecule has 1 aromatic heterocycles. The summed E-state index contributed by atoms with van der Waals surface area (Å²) >= 11 is 0. The van der Waals surface area contributed by atoms with E-state index in [4.69, 9.17) is 4.52 Å². The average Bonchev–Trinajstić information content (AvgIpc) is 2.96. The van der Waals surface area contributed by atoms with Crippen LogP contribution in [0.25, 0.3) is 0 Å². The van der Waals surface area contributed by atoms with Gasteiger partial charge in [0.2, 0.25) is 0 Å². The van der Waals surface area contributed by atoms with Crippen LogP contribution in [0.5, 0.6) is 0 Å². The lowest BCUT2D eigenvalue weighted by atomic mass is 10.1. The van der Waals surface area contributed by atoms with Crippen molar-refractivity contribution in [3.63, 3.8) is 0 Å². The first kappa shape index (κ1) is 13.1. The quantitative estimate of drug-likeness (QED) is 0.836. The molecule has 0 fully saturated rings. The Morgan fingerprint density at radius 3 is 2.89 bits per heavy atom. The number of hydrogen-bond acceptors (Lipinski definition) is 4. The molecule has 1 aromatic carbocycles. The van der Waals surface area contributed by atoms with Crippen molar-refractivity contribution >= 4 is 11.6 Å². The van der Waals surface area contributed by atoms with Crippen LogP contribution >= 0.6 is 0 Å². The van der Waals surface area contributed by atoms with Gasteiger partial charge in [0, 0.05) is 18.3 Å². The van der Waals surface area contributed by atoms with E-state index in [0.29, 0.717) is 17.8 Å². The maximum atomic E-state index is 12.1. The summed E-state index contributed by atoms with van der Waals surface area (Å²) in [5.74, 6) is -0.123. The third-order valence-electron chi connectivity index (χ3n) is 2.66. The molecule has 0 unspecified atom stereocenters. The van der Waals surface area contributed by atoms with E-state index < -0.39 is 0 Å². The molecule has 2 N–H and O–H groups in total. The van der Waals surface area contributed by atoms with Gasteiger partial charge in [-0.15, -0.1) is 0 Å². The Kier molecular flexibility index (Phi) is 4.55. The summed E-state index contributed by atoms with van der Waals surface area (Å²) in [5, 5.41) is 9.81. The first-order valence-electron chi connectivity index (χ1n) is 6.31. The van der Waals surface area contributed by atoms with E-state index in [-0.39, 0.29) is 5.91 Å². The zero-order valence-electron chi connectivity index (χ0n) is 10.8. The third kappa shape index (κ3) is 3.58. The molecule has 0 bridgehead atoms. The minimum Gasteiger partial charge on any atom is -0.384 e. The molecule has 0 saturated heterocycles. The van der Waals surface area contributed by atoms with Gasteiger partial charge in [-0.25, -0.2) is 0 Å². The van der Waals surface area contributed by atoms with Gasteiger partial charge in [0.15, 0.2) is 0 Å². The number of carbonyl (C=O) groups is 1. The molecule has 5 heteroatoms. The van der Waals surface area contributed by atoms with E-state index in [1.54, 1.807) is 12.1 Å². The summed E-state index contributed by atoms with van der Waals surface area (Å²) in [4.78, 5) is 12.1. The van der Waals surface area contributed by atoms with Crippen LogP contribution in [0.1, 0.15) is 29.4 Å². The lowest BCUT2D eigenvalue weighted by Gasteiger charge is -2.10. The highest BCUT2D eigenvalue weighted by Gasteiger charge is 2.10. The highest BCUT2D eigenvalue weighted by molar-refractivity contribution is 5.99. The molecule has 0 atom stereocenters. The molecule has 1 heterocycles. The highest BCUT2D eigenvalue weighted by Crippen LogP contribution is 2.14. The molecule has 100 valence electrons. The molecule has 0 aliphatic rings. The fraction of sp³-hybridized carbons (Fsp3) is 0.286. The molecule has 1 amide bonds. The van der Waals surface area contributed by atoms with Gasteiger partial charge in [-0.2, -0.15) is 0 Å². The van der Waals surface area contributed by atoms with Crippen LogP contribution < -0.4 is 10.6 Å². The summed E-state index contributed by atoms with van der Waals surface area (Å²) in [5.41, 5.74) is 2.19. The van der Waals surface area contributed by atoms with Crippen molar-refractivity contribution in [3.05, 3.63) is 47.9 Å². The van der Waals surface area contributed by atoms with Crippen molar-refractivity contribution < 1.29 is 9.32 Å². The van der Waals surface area contributed by atoms with Gasteiger partial charge in [0.1, 0.15) is 12.0 Å². The predicted molar refractivity (Wildman–Crippen MR) is 72.9 cm³/mol. The minimum atomic E-state index is -0.123. The normalized spacial score (nSPS) is 10.2. The molecule has 0 radical (unpaired) electrons. The molecular weight excluding hydrogens is 242 g/mol. The SMILES string of the molecule is CCCNc1ccccc1C(=O)NCc1ccon1. The predicted octanol–water partition coefficient (Wildman–Crippen LogP) is 2.43. The molecule has 2 rings (SSSR count). The van der Waals surface area contributed by atoms with E-state index in [0.717, 1.165) is 18.7 Å². The lowest BCUT2D eigenvalue weighted by Crippen LogP contribution is -2.24. The van der Waals surface area contributed by atoms with Gasteiger partial charge in [0.25, 0.3) is 5.91 Å². The Hall–Kier alpha value is -2.30. The van der Waals surface area contributed by atoms with Crippen LogP contribution in [0.4, 0.5) is 5.69 Å². The Labute approximate surface area is 112 Å². The van der Waals surface area contributed by atoms with Crippen LogP contribution in [0.3, 0.4) is 0 Å². The molecule has 5 nitrogen and oxygen atoms in total. The number of benzene rings is 1. The zero-order valence-corrected chi connectivity index (χ0v) is 10.8. The number of hydrogen-bond donors (Lipinski definition) is 2. The van der Waals surface area contributed by atoms with E-state index in [1.165, 1.54) is 6.26 Å². The molecule has 0 aliphatic heterocycles. The first-order chi connectivity index (χ1) is 9.31. The monoisotopic (exact) mass is 259 g/mol. The Bertz CT molecular complexity index is 523. The molecule has 2 aromatic rings. The summed E-state index contributed by atoms with van der Waals surface area (Å²) in [6.45, 7) is 3.28. The number of amides is 1. The van der Waals surface area contributed by atoms with Crippen molar-refractivity contribution in [1.29, 1.82) is 0 Å². The Morgan fingerprint density at radius 2 is 2.16 bits per heavy atom. The highest BCUT2D eigenvalue weighted by atomic mass is 16.5. The fourth-order valence-corrected chi connectivity index (χ4v) is 1.69. The van der Waals surface area contributed by atoms with Crippen molar-refractivity contribution in [2.45, 2.75) is 19.9 Å². The number of nitrogens with zero attached hydrogens (tertiary/aromatic N) is 1. The summed E-state index contributed by atoms with van der Waals surface area (Å²) < 4.78 is 4.72. The molecule has 0 aliphatic carbocycles. The average molecular weight is 259 g/mol. The van der Waals surface area contributed by atoms with Crippen molar-refractivity contribution in [2.75, 3.05) is 11.9 Å². The van der Waals surface area contributed by atoms with E-state index in [1.807, 2.05) is 18.2 Å². The maximum absolute atomic E-state index is 12.1. The summed E-state index contributed by atoms with van der Waals surface area (Å²) in [6, 6.07) is 9.19. The topological polar surface area (TPSA) is 67.2 Å². The van der Waals surface area contributed by atoms with Gasteiger partial charge < -0.3 is 15.2 Å². The number of carbonyl (C=O) groups excluding carboxylic acids is 1. The largest absolute Gasteiger partial charge is 0.384 e. The zero-order chi connectivity index (χ0) is 13.5. The van der Waals surface area contributed by atoms with E-state index in [9.17, 15) is 4.79 Å². The molecule has 0 saturated carbocycles. The smallest absolute Gasteiger partial charge is 0.253 e. The number of anilines is 1. The lowest BCUT2D eigenvalue weighted by molar-refractivity contribution is 0.0951. The van der Waals surface area contributed by atoms with Crippen LogP contribution in [0, 0.1) is 0 Å². The molecular formula is C14H17N3O2. The van der Waals surface area contributed by atoms with Crippen molar-refractivity contribution in [1.82, 2.24) is 10.5 Å². The van der Waals surface area contributed by atoms with Gasteiger partial charge >= 0.3 is 0 Å².